The van der Waals surface area contributed by atoms with E-state index < -0.39 is 0 Å². The third-order valence-corrected chi connectivity index (χ3v) is 5.16. The maximum atomic E-state index is 12.3. The second kappa shape index (κ2) is 6.44. The molecule has 0 aliphatic rings. The molecule has 1 amide bonds. The highest BCUT2D eigenvalue weighted by Crippen LogP contribution is 2.26. The number of carbonyl (C=O) groups excluding carboxylic acids is 1. The largest absolute Gasteiger partial charge is 0.322 e. The van der Waals surface area contributed by atoms with E-state index in [9.17, 15) is 4.79 Å². The first kappa shape index (κ1) is 16.0. The lowest BCUT2D eigenvalue weighted by Crippen LogP contribution is -2.11. The first-order valence-electron chi connectivity index (χ1n) is 7.14. The lowest BCUT2D eigenvalue weighted by Gasteiger charge is -2.06. The Morgan fingerprint density at radius 2 is 1.88 bits per heavy atom. The van der Waals surface area contributed by atoms with Crippen LogP contribution in [0.1, 0.15) is 10.4 Å². The van der Waals surface area contributed by atoms with Gasteiger partial charge in [0.2, 0.25) is 4.96 Å². The predicted molar refractivity (Wildman–Crippen MR) is 98.5 cm³/mol. The van der Waals surface area contributed by atoms with Crippen LogP contribution in [0.25, 0.3) is 15.5 Å². The van der Waals surface area contributed by atoms with E-state index >= 15 is 0 Å². The van der Waals surface area contributed by atoms with Gasteiger partial charge in [-0.15, -0.1) is 10.2 Å². The van der Waals surface area contributed by atoms with Crippen molar-refractivity contribution in [3.05, 3.63) is 64.4 Å². The number of nitrogens with one attached hydrogen (secondary N) is 1. The zero-order chi connectivity index (χ0) is 17.4. The second-order valence-corrected chi connectivity index (χ2v) is 6.90. The zero-order valence-electron chi connectivity index (χ0n) is 12.5. The van der Waals surface area contributed by atoms with E-state index in [2.05, 4.69) is 20.6 Å². The molecule has 2 heterocycles. The predicted octanol–water partition coefficient (Wildman–Crippen LogP) is 4.41. The number of halogens is 2. The highest BCUT2D eigenvalue weighted by molar-refractivity contribution is 7.19. The van der Waals surface area contributed by atoms with Crippen LogP contribution < -0.4 is 5.32 Å². The molecule has 0 saturated carbocycles. The van der Waals surface area contributed by atoms with Crippen LogP contribution in [-0.4, -0.2) is 25.7 Å². The van der Waals surface area contributed by atoms with Gasteiger partial charge in [0.15, 0.2) is 0 Å². The molecule has 0 unspecified atom stereocenters. The monoisotopic (exact) mass is 389 g/mol. The molecule has 6 nitrogen and oxygen atoms in total. The van der Waals surface area contributed by atoms with E-state index in [0.29, 0.717) is 21.3 Å². The number of benzene rings is 2. The number of fused-ring (bicyclic) bond motifs is 1. The van der Waals surface area contributed by atoms with Gasteiger partial charge in [0.1, 0.15) is 11.3 Å². The van der Waals surface area contributed by atoms with Crippen LogP contribution in [0, 0.1) is 0 Å². The van der Waals surface area contributed by atoms with Crippen LogP contribution in [0.3, 0.4) is 0 Å². The van der Waals surface area contributed by atoms with Crippen molar-refractivity contribution in [2.24, 2.45) is 0 Å². The molecule has 2 aromatic heterocycles. The molecule has 4 rings (SSSR count). The smallest absolute Gasteiger partial charge is 0.255 e. The zero-order valence-corrected chi connectivity index (χ0v) is 14.8. The topological polar surface area (TPSA) is 72.2 Å². The highest BCUT2D eigenvalue weighted by atomic mass is 35.5. The molecule has 25 heavy (non-hydrogen) atoms. The van der Waals surface area contributed by atoms with Gasteiger partial charge < -0.3 is 5.32 Å². The van der Waals surface area contributed by atoms with Gasteiger partial charge in [-0.25, -0.2) is 0 Å². The Hall–Kier alpha value is -2.48. The molecular weight excluding hydrogens is 381 g/mol. The van der Waals surface area contributed by atoms with Crippen molar-refractivity contribution in [1.29, 1.82) is 0 Å². The molecule has 0 saturated heterocycles. The lowest BCUT2D eigenvalue weighted by atomic mass is 10.2. The molecule has 0 spiro atoms. The first-order valence-corrected chi connectivity index (χ1v) is 8.71. The molecule has 4 aromatic rings. The van der Waals surface area contributed by atoms with E-state index in [1.54, 1.807) is 23.0 Å². The van der Waals surface area contributed by atoms with Gasteiger partial charge in [0.25, 0.3) is 5.91 Å². The van der Waals surface area contributed by atoms with Crippen LogP contribution in [-0.2, 0) is 0 Å². The van der Waals surface area contributed by atoms with E-state index in [0.717, 1.165) is 15.5 Å². The fourth-order valence-corrected chi connectivity index (χ4v) is 3.34. The summed E-state index contributed by atoms with van der Waals surface area (Å²) in [7, 11) is 0. The molecule has 0 aliphatic carbocycles. The molecule has 1 N–H and O–H groups in total. The van der Waals surface area contributed by atoms with Crippen molar-refractivity contribution in [3.63, 3.8) is 0 Å². The van der Waals surface area contributed by atoms with Gasteiger partial charge in [-0.2, -0.15) is 9.61 Å². The van der Waals surface area contributed by atoms with Crippen molar-refractivity contribution in [2.45, 2.75) is 0 Å². The Kier molecular flexibility index (Phi) is 4.12. The molecule has 124 valence electrons. The maximum absolute atomic E-state index is 12.3. The summed E-state index contributed by atoms with van der Waals surface area (Å²) in [6.45, 7) is 0. The fraction of sp³-hybridized carbons (Fsp3) is 0. The normalized spacial score (nSPS) is 11.0. The van der Waals surface area contributed by atoms with Gasteiger partial charge in [-0.3, -0.25) is 4.79 Å². The van der Waals surface area contributed by atoms with Gasteiger partial charge in [-0.1, -0.05) is 34.5 Å². The molecule has 2 aromatic carbocycles. The Morgan fingerprint density at radius 3 is 2.60 bits per heavy atom. The van der Waals surface area contributed by atoms with Crippen molar-refractivity contribution >= 4 is 51.1 Å². The molecule has 0 bridgehead atoms. The standard InChI is InChI=1S/C16H9Cl2N5OS/c17-12-6-3-10(7-13(12)18)14(24)20-11-4-1-9(2-5-11)15-22-23-8-19-21-16(23)25-15/h1-8H,(H,20,24). The average molecular weight is 390 g/mol. The molecule has 0 radical (unpaired) electrons. The summed E-state index contributed by atoms with van der Waals surface area (Å²) in [6.07, 6.45) is 1.56. The Labute approximate surface area is 156 Å². The van der Waals surface area contributed by atoms with E-state index in [4.69, 9.17) is 23.2 Å². The van der Waals surface area contributed by atoms with Gasteiger partial charge in [-0.05, 0) is 42.5 Å². The highest BCUT2D eigenvalue weighted by Gasteiger charge is 2.10. The summed E-state index contributed by atoms with van der Waals surface area (Å²) in [4.78, 5) is 13.0. The molecule has 0 atom stereocenters. The minimum Gasteiger partial charge on any atom is -0.322 e. The van der Waals surface area contributed by atoms with Crippen LogP contribution in [0.15, 0.2) is 48.8 Å². The van der Waals surface area contributed by atoms with Gasteiger partial charge in [0, 0.05) is 16.8 Å². The minimum atomic E-state index is -0.259. The second-order valence-electron chi connectivity index (χ2n) is 5.13. The number of rotatable bonds is 3. The Balaban J connectivity index is 1.52. The Morgan fingerprint density at radius 1 is 1.08 bits per heavy atom. The van der Waals surface area contributed by atoms with E-state index in [1.807, 2.05) is 24.3 Å². The number of hydrogen-bond donors (Lipinski definition) is 1. The average Bonchev–Trinajstić information content (AvgIpc) is 3.20. The van der Waals surface area contributed by atoms with Crippen LogP contribution >= 0.6 is 34.5 Å². The summed E-state index contributed by atoms with van der Waals surface area (Å²) in [5.74, 6) is -0.259. The molecular formula is C16H9Cl2N5OS. The van der Waals surface area contributed by atoms with Crippen molar-refractivity contribution < 1.29 is 4.79 Å². The summed E-state index contributed by atoms with van der Waals surface area (Å²) in [6, 6.07) is 12.1. The number of carbonyl (C=O) groups is 1. The van der Waals surface area contributed by atoms with Crippen molar-refractivity contribution in [3.8, 4) is 10.6 Å². The summed E-state index contributed by atoms with van der Waals surface area (Å²) in [5.41, 5.74) is 2.04. The van der Waals surface area contributed by atoms with Crippen LogP contribution in [0.4, 0.5) is 5.69 Å². The quantitative estimate of drug-likeness (QED) is 0.563. The Bertz CT molecular complexity index is 1050. The van der Waals surface area contributed by atoms with Crippen molar-refractivity contribution in [2.75, 3.05) is 5.32 Å². The summed E-state index contributed by atoms with van der Waals surface area (Å²) in [5, 5.41) is 16.5. The van der Waals surface area contributed by atoms with E-state index in [1.165, 1.54) is 17.4 Å². The summed E-state index contributed by atoms with van der Waals surface area (Å²) >= 11 is 13.2. The van der Waals surface area contributed by atoms with Gasteiger partial charge in [0.05, 0.1) is 10.0 Å². The van der Waals surface area contributed by atoms with Gasteiger partial charge >= 0.3 is 0 Å². The molecule has 0 fully saturated rings. The van der Waals surface area contributed by atoms with E-state index in [-0.39, 0.29) is 5.91 Å². The first-order chi connectivity index (χ1) is 12.1. The molecule has 0 aliphatic heterocycles. The number of nitrogens with zero attached hydrogens (tertiary/aromatic N) is 4. The minimum absolute atomic E-state index is 0.259. The number of anilines is 1. The van der Waals surface area contributed by atoms with Crippen molar-refractivity contribution in [1.82, 2.24) is 19.8 Å². The number of hydrogen-bond acceptors (Lipinski definition) is 5. The summed E-state index contributed by atoms with van der Waals surface area (Å²) < 4.78 is 1.62. The van der Waals surface area contributed by atoms with Crippen LogP contribution in [0.5, 0.6) is 0 Å². The fourth-order valence-electron chi connectivity index (χ4n) is 2.21. The lowest BCUT2D eigenvalue weighted by molar-refractivity contribution is 0.102. The molecule has 9 heteroatoms. The third kappa shape index (κ3) is 3.21. The number of amides is 1. The third-order valence-electron chi connectivity index (χ3n) is 3.46. The maximum Gasteiger partial charge on any atom is 0.255 e. The SMILES string of the molecule is O=C(Nc1ccc(-c2nn3cnnc3s2)cc1)c1ccc(Cl)c(Cl)c1. The number of aromatic nitrogens is 4. The van der Waals surface area contributed by atoms with Crippen LogP contribution in [0.2, 0.25) is 10.0 Å².